The van der Waals surface area contributed by atoms with Crippen molar-refractivity contribution in [2.75, 3.05) is 5.32 Å². The predicted octanol–water partition coefficient (Wildman–Crippen LogP) is 6.09. The molecule has 0 amide bonds. The van der Waals surface area contributed by atoms with Crippen LogP contribution in [0.2, 0.25) is 0 Å². The van der Waals surface area contributed by atoms with Gasteiger partial charge in [0.2, 0.25) is 0 Å². The minimum Gasteiger partial charge on any atom is -0.381 e. The van der Waals surface area contributed by atoms with Crippen LogP contribution in [0.15, 0.2) is 22.7 Å². The molecule has 0 radical (unpaired) electrons. The number of halogens is 4. The van der Waals surface area contributed by atoms with Gasteiger partial charge in [-0.2, -0.15) is 13.2 Å². The van der Waals surface area contributed by atoms with Gasteiger partial charge >= 0.3 is 6.18 Å². The molecular weight excluding hydrogens is 343 g/mol. The van der Waals surface area contributed by atoms with Gasteiger partial charge in [-0.25, -0.2) is 0 Å². The van der Waals surface area contributed by atoms with Crippen molar-refractivity contribution in [1.82, 2.24) is 0 Å². The van der Waals surface area contributed by atoms with E-state index in [1.165, 1.54) is 25.3 Å². The fraction of sp³-hybridized carbons (Fsp3) is 0.625. The van der Waals surface area contributed by atoms with E-state index >= 15 is 0 Å². The Balaban J connectivity index is 2.15. The molecule has 0 aromatic heterocycles. The molecule has 0 heterocycles. The van der Waals surface area contributed by atoms with E-state index < -0.39 is 11.7 Å². The van der Waals surface area contributed by atoms with Crippen molar-refractivity contribution in [2.24, 2.45) is 11.8 Å². The van der Waals surface area contributed by atoms with Crippen molar-refractivity contribution in [3.05, 3.63) is 28.2 Å². The van der Waals surface area contributed by atoms with Crippen molar-refractivity contribution >= 4 is 21.6 Å². The van der Waals surface area contributed by atoms with Crippen LogP contribution in [0.25, 0.3) is 0 Å². The smallest absolute Gasteiger partial charge is 0.381 e. The lowest BCUT2D eigenvalue weighted by Gasteiger charge is -2.35. The van der Waals surface area contributed by atoms with Gasteiger partial charge in [0.15, 0.2) is 0 Å². The highest BCUT2D eigenvalue weighted by atomic mass is 79.9. The molecule has 21 heavy (non-hydrogen) atoms. The number of nitrogens with one attached hydrogen (secondary N) is 1. The molecule has 0 spiro atoms. The van der Waals surface area contributed by atoms with Crippen LogP contribution < -0.4 is 5.32 Å². The first-order valence-corrected chi connectivity index (χ1v) is 8.21. The Kier molecular flexibility index (Phi) is 5.23. The van der Waals surface area contributed by atoms with Gasteiger partial charge in [-0.15, -0.1) is 0 Å². The molecule has 1 saturated carbocycles. The molecule has 5 heteroatoms. The molecule has 1 aliphatic rings. The molecule has 2 rings (SSSR count). The molecule has 0 saturated heterocycles. The maximum Gasteiger partial charge on any atom is 0.416 e. The Morgan fingerprint density at radius 2 is 1.86 bits per heavy atom. The minimum absolute atomic E-state index is 0.340. The quantitative estimate of drug-likeness (QED) is 0.684. The Hall–Kier alpha value is -0.710. The van der Waals surface area contributed by atoms with Crippen LogP contribution in [0.1, 0.15) is 45.1 Å². The number of anilines is 1. The highest BCUT2D eigenvalue weighted by molar-refractivity contribution is 9.10. The summed E-state index contributed by atoms with van der Waals surface area (Å²) in [5.74, 6) is 1.16. The van der Waals surface area contributed by atoms with E-state index in [1.54, 1.807) is 0 Å². The van der Waals surface area contributed by atoms with E-state index in [0.29, 0.717) is 22.4 Å². The molecule has 0 aliphatic heterocycles. The zero-order valence-corrected chi connectivity index (χ0v) is 13.9. The average Bonchev–Trinajstić information content (AvgIpc) is 2.40. The maximum absolute atomic E-state index is 12.7. The summed E-state index contributed by atoms with van der Waals surface area (Å²) in [4.78, 5) is 0. The highest BCUT2D eigenvalue weighted by Crippen LogP contribution is 2.37. The van der Waals surface area contributed by atoms with Gasteiger partial charge in [-0.3, -0.25) is 0 Å². The molecule has 0 bridgehead atoms. The summed E-state index contributed by atoms with van der Waals surface area (Å²) in [7, 11) is 0. The number of benzene rings is 1. The third-order valence-electron chi connectivity index (χ3n) is 4.31. The monoisotopic (exact) mass is 363 g/mol. The van der Waals surface area contributed by atoms with Crippen LogP contribution in [-0.2, 0) is 6.18 Å². The Bertz CT molecular complexity index is 485. The Morgan fingerprint density at radius 3 is 2.43 bits per heavy atom. The molecule has 1 N–H and O–H groups in total. The molecule has 2 atom stereocenters. The average molecular weight is 364 g/mol. The van der Waals surface area contributed by atoms with Gasteiger partial charge in [0.25, 0.3) is 0 Å². The van der Waals surface area contributed by atoms with E-state index in [2.05, 4.69) is 35.1 Å². The van der Waals surface area contributed by atoms with Gasteiger partial charge in [0.05, 0.1) is 5.56 Å². The fourth-order valence-corrected chi connectivity index (χ4v) is 3.64. The lowest BCUT2D eigenvalue weighted by Crippen LogP contribution is -2.35. The first-order valence-electron chi connectivity index (χ1n) is 7.42. The summed E-state index contributed by atoms with van der Waals surface area (Å²) in [6, 6.07) is 4.15. The van der Waals surface area contributed by atoms with E-state index in [4.69, 9.17) is 0 Å². The summed E-state index contributed by atoms with van der Waals surface area (Å²) < 4.78 is 38.5. The van der Waals surface area contributed by atoms with E-state index in [9.17, 15) is 13.2 Å². The first-order chi connectivity index (χ1) is 9.79. The van der Waals surface area contributed by atoms with Gasteiger partial charge in [0.1, 0.15) is 0 Å². The molecule has 1 aromatic carbocycles. The second kappa shape index (κ2) is 6.59. The predicted molar refractivity (Wildman–Crippen MR) is 83.4 cm³/mol. The highest BCUT2D eigenvalue weighted by Gasteiger charge is 2.32. The van der Waals surface area contributed by atoms with Crippen LogP contribution in [0.4, 0.5) is 18.9 Å². The van der Waals surface area contributed by atoms with Gasteiger partial charge < -0.3 is 5.32 Å². The second-order valence-electron chi connectivity index (χ2n) is 6.14. The molecule has 1 fully saturated rings. The normalized spacial score (nSPS) is 23.4. The number of hydrogen-bond donors (Lipinski definition) is 1. The van der Waals surface area contributed by atoms with Crippen molar-refractivity contribution in [1.29, 1.82) is 0 Å². The number of rotatable bonds is 3. The van der Waals surface area contributed by atoms with Crippen molar-refractivity contribution in [3.8, 4) is 0 Å². The standard InChI is InChI=1S/C16H21BrF3N/c1-10(2)12-5-3-4-6-14(12)21-15-8-7-11(9-13(15)17)16(18,19)20/h7-10,12,14,21H,3-6H2,1-2H3. The SMILES string of the molecule is CC(C)C1CCCCC1Nc1ccc(C(F)(F)F)cc1Br. The van der Waals surface area contributed by atoms with Crippen LogP contribution >= 0.6 is 15.9 Å². The largest absolute Gasteiger partial charge is 0.416 e. The summed E-state index contributed by atoms with van der Waals surface area (Å²) in [5, 5.41) is 3.45. The number of alkyl halides is 3. The van der Waals surface area contributed by atoms with E-state index in [1.807, 2.05) is 0 Å². The second-order valence-corrected chi connectivity index (χ2v) is 6.99. The zero-order chi connectivity index (χ0) is 15.6. The van der Waals surface area contributed by atoms with Gasteiger partial charge in [-0.05, 0) is 58.8 Å². The van der Waals surface area contributed by atoms with Crippen molar-refractivity contribution in [3.63, 3.8) is 0 Å². The fourth-order valence-electron chi connectivity index (χ4n) is 3.14. The maximum atomic E-state index is 12.7. The molecule has 1 nitrogen and oxygen atoms in total. The molecule has 118 valence electrons. The summed E-state index contributed by atoms with van der Waals surface area (Å²) in [6.07, 6.45) is 0.393. The first kappa shape index (κ1) is 16.7. The van der Waals surface area contributed by atoms with Crippen LogP contribution in [-0.4, -0.2) is 6.04 Å². The molecular formula is C16H21BrF3N. The van der Waals surface area contributed by atoms with Crippen LogP contribution in [0, 0.1) is 11.8 Å². The van der Waals surface area contributed by atoms with Crippen LogP contribution in [0.3, 0.4) is 0 Å². The summed E-state index contributed by atoms with van der Waals surface area (Å²) >= 11 is 3.26. The van der Waals surface area contributed by atoms with Gasteiger partial charge in [0, 0.05) is 16.2 Å². The van der Waals surface area contributed by atoms with Crippen molar-refractivity contribution < 1.29 is 13.2 Å². The summed E-state index contributed by atoms with van der Waals surface area (Å²) in [5.41, 5.74) is 0.129. The molecule has 1 aliphatic carbocycles. The summed E-state index contributed by atoms with van der Waals surface area (Å²) in [6.45, 7) is 4.43. The van der Waals surface area contributed by atoms with Crippen LogP contribution in [0.5, 0.6) is 0 Å². The lowest BCUT2D eigenvalue weighted by molar-refractivity contribution is -0.137. The lowest BCUT2D eigenvalue weighted by atomic mass is 9.78. The van der Waals surface area contributed by atoms with E-state index in [0.717, 1.165) is 24.2 Å². The molecule has 1 aromatic rings. The topological polar surface area (TPSA) is 12.0 Å². The Labute approximate surface area is 132 Å². The Morgan fingerprint density at radius 1 is 1.19 bits per heavy atom. The van der Waals surface area contributed by atoms with E-state index in [-0.39, 0.29) is 0 Å². The third-order valence-corrected chi connectivity index (χ3v) is 4.97. The van der Waals surface area contributed by atoms with Crippen molar-refractivity contribution in [2.45, 2.75) is 51.7 Å². The zero-order valence-electron chi connectivity index (χ0n) is 12.3. The van der Waals surface area contributed by atoms with Gasteiger partial charge in [-0.1, -0.05) is 26.7 Å². The molecule has 2 unspecified atom stereocenters. The third kappa shape index (κ3) is 4.15. The minimum atomic E-state index is -4.30. The number of hydrogen-bond acceptors (Lipinski definition) is 1.